The Morgan fingerprint density at radius 3 is 2.26 bits per heavy atom. The van der Waals surface area contributed by atoms with Crippen molar-refractivity contribution in [2.75, 3.05) is 40.6 Å². The molecule has 0 unspecified atom stereocenters. The van der Waals surface area contributed by atoms with Gasteiger partial charge in [-0.1, -0.05) is 29.5 Å². The van der Waals surface area contributed by atoms with Gasteiger partial charge in [0.2, 0.25) is 0 Å². The number of rotatable bonds is 15. The monoisotopic (exact) mass is 870 g/mol. The van der Waals surface area contributed by atoms with Crippen LogP contribution < -0.4 is 33.8 Å². The Labute approximate surface area is 328 Å². The lowest BCUT2D eigenvalue weighted by atomic mass is 9.95. The van der Waals surface area contributed by atoms with Crippen molar-refractivity contribution in [1.29, 1.82) is 0 Å². The van der Waals surface area contributed by atoms with Crippen LogP contribution in [0, 0.1) is 3.57 Å². The first-order valence-corrected chi connectivity index (χ1v) is 18.8. The summed E-state index contributed by atoms with van der Waals surface area (Å²) >= 11 is 3.33. The Kier molecular flexibility index (Phi) is 13.5. The average molecular weight is 871 g/mol. The lowest BCUT2D eigenvalue weighted by molar-refractivity contribution is -0.143. The molecule has 0 saturated heterocycles. The van der Waals surface area contributed by atoms with Crippen LogP contribution in [-0.2, 0) is 30.4 Å². The maximum Gasteiger partial charge on any atom is 0.343 e. The van der Waals surface area contributed by atoms with E-state index in [-0.39, 0.29) is 44.4 Å². The molecule has 1 aromatic heterocycles. The van der Waals surface area contributed by atoms with Crippen LogP contribution in [0.5, 0.6) is 23.0 Å². The average Bonchev–Trinajstić information content (AvgIpc) is 3.46. The van der Waals surface area contributed by atoms with Crippen LogP contribution in [0.2, 0.25) is 0 Å². The highest BCUT2D eigenvalue weighted by Crippen LogP contribution is 2.37. The van der Waals surface area contributed by atoms with Crippen LogP contribution >= 0.6 is 33.9 Å². The van der Waals surface area contributed by atoms with Crippen LogP contribution in [0.3, 0.4) is 0 Å². The number of halogens is 1. The van der Waals surface area contributed by atoms with Gasteiger partial charge >= 0.3 is 17.9 Å². The van der Waals surface area contributed by atoms with Crippen molar-refractivity contribution < 1.29 is 47.5 Å². The highest BCUT2D eigenvalue weighted by atomic mass is 127. The number of carbonyl (C=O) groups is 3. The molecule has 1 aliphatic heterocycles. The van der Waals surface area contributed by atoms with E-state index in [2.05, 4.69) is 27.6 Å². The molecule has 284 valence electrons. The number of thiazole rings is 1. The number of ether oxygens (including phenoxy) is 7. The number of hydrogen-bond donors (Lipinski definition) is 0. The van der Waals surface area contributed by atoms with E-state index in [1.165, 1.54) is 18.8 Å². The molecule has 0 radical (unpaired) electrons. The molecule has 0 N–H and O–H groups in total. The first kappa shape index (κ1) is 40.0. The Morgan fingerprint density at radius 2 is 1.59 bits per heavy atom. The fraction of sp³-hybridized carbons (Fsp3) is 0.308. The van der Waals surface area contributed by atoms with E-state index in [4.69, 9.17) is 33.2 Å². The molecule has 15 heteroatoms. The Morgan fingerprint density at radius 1 is 0.870 bits per heavy atom. The van der Waals surface area contributed by atoms with Gasteiger partial charge in [-0.05, 0) is 104 Å². The second-order valence-electron chi connectivity index (χ2n) is 11.5. The summed E-state index contributed by atoms with van der Waals surface area (Å²) in [7, 11) is 2.80. The van der Waals surface area contributed by atoms with Crippen LogP contribution in [-0.4, -0.2) is 63.1 Å². The van der Waals surface area contributed by atoms with Gasteiger partial charge in [-0.3, -0.25) is 9.36 Å². The number of hydrogen-bond acceptors (Lipinski definition) is 13. The van der Waals surface area contributed by atoms with Gasteiger partial charge in [-0.15, -0.1) is 0 Å². The molecular formula is C39H39IN2O11S. The minimum atomic E-state index is -0.935. The maximum atomic E-state index is 14.5. The van der Waals surface area contributed by atoms with Gasteiger partial charge in [0.25, 0.3) is 5.56 Å². The summed E-state index contributed by atoms with van der Waals surface area (Å²) in [6, 6.07) is 14.6. The molecule has 0 amide bonds. The van der Waals surface area contributed by atoms with Crippen molar-refractivity contribution >= 4 is 57.9 Å². The molecule has 13 nitrogen and oxygen atoms in total. The summed E-state index contributed by atoms with van der Waals surface area (Å²) in [6.45, 7) is 7.43. The highest BCUT2D eigenvalue weighted by Gasteiger charge is 2.34. The zero-order valence-corrected chi connectivity index (χ0v) is 33.5. The summed E-state index contributed by atoms with van der Waals surface area (Å²) in [6.07, 6.45) is 1.71. The minimum absolute atomic E-state index is 0.115. The number of nitrogens with zero attached hydrogens (tertiary/aromatic N) is 2. The fourth-order valence-corrected chi connectivity index (χ4v) is 7.29. The Bertz CT molecular complexity index is 2260. The predicted molar refractivity (Wildman–Crippen MR) is 208 cm³/mol. The van der Waals surface area contributed by atoms with Crippen LogP contribution in [0.15, 0.2) is 75.7 Å². The molecule has 0 fully saturated rings. The number of allylic oxidation sites excluding steroid dienone is 1. The molecule has 3 aromatic carbocycles. The lowest BCUT2D eigenvalue weighted by Crippen LogP contribution is -2.40. The molecule has 0 bridgehead atoms. The summed E-state index contributed by atoms with van der Waals surface area (Å²) in [5.74, 6) is -0.135. The molecule has 2 heterocycles. The van der Waals surface area contributed by atoms with Gasteiger partial charge in [0.05, 0.1) is 61.4 Å². The molecule has 5 rings (SSSR count). The van der Waals surface area contributed by atoms with Crippen molar-refractivity contribution in [2.24, 2.45) is 4.99 Å². The molecule has 54 heavy (non-hydrogen) atoms. The van der Waals surface area contributed by atoms with Gasteiger partial charge in [0.1, 0.15) is 6.61 Å². The molecular weight excluding hydrogens is 831 g/mol. The number of methoxy groups -OCH3 is 2. The minimum Gasteiger partial charge on any atom is -0.493 e. The van der Waals surface area contributed by atoms with E-state index in [0.29, 0.717) is 49.0 Å². The second-order valence-corrected chi connectivity index (χ2v) is 13.8. The van der Waals surface area contributed by atoms with Crippen molar-refractivity contribution in [1.82, 2.24) is 4.57 Å². The molecule has 1 aliphatic rings. The van der Waals surface area contributed by atoms with Crippen LogP contribution in [0.4, 0.5) is 0 Å². The largest absolute Gasteiger partial charge is 0.493 e. The van der Waals surface area contributed by atoms with E-state index >= 15 is 0 Å². The number of esters is 3. The fourth-order valence-electron chi connectivity index (χ4n) is 5.64. The van der Waals surface area contributed by atoms with Crippen LogP contribution in [0.1, 0.15) is 60.8 Å². The quantitative estimate of drug-likeness (QED) is 0.0891. The normalized spacial score (nSPS) is 13.8. The number of aromatic nitrogens is 1. The van der Waals surface area contributed by atoms with Crippen molar-refractivity contribution in [2.45, 2.75) is 40.3 Å². The van der Waals surface area contributed by atoms with Gasteiger partial charge in [-0.25, -0.2) is 19.4 Å². The highest BCUT2D eigenvalue weighted by molar-refractivity contribution is 14.1. The third kappa shape index (κ3) is 8.95. The summed E-state index contributed by atoms with van der Waals surface area (Å²) in [5, 5.41) is 0. The standard InChI is InChI=1S/C39H39IN2O11S/c1-7-49-29-17-25(14-15-28(29)52-21-32(43)48-6)34-33(38(46)51-9-3)22(4)41-39-42(34)36(44)31(54-39)18-26-16-27(40)19-30(47-5)35(26)53-20-23-10-12-24(13-11-23)37(45)50-8-2/h10-19,34H,7-9,20-21H2,1-6H3/b31-18+/t34-/m0/s1. The molecule has 1 atom stereocenters. The first-order chi connectivity index (χ1) is 26.0. The van der Waals surface area contributed by atoms with E-state index in [1.807, 2.05) is 12.1 Å². The third-order valence-corrected chi connectivity index (χ3v) is 9.68. The Hall–Kier alpha value is -5.16. The van der Waals surface area contributed by atoms with E-state index in [1.54, 1.807) is 76.2 Å². The summed E-state index contributed by atoms with van der Waals surface area (Å²) < 4.78 is 41.4. The van der Waals surface area contributed by atoms with Gasteiger partial charge in [0, 0.05) is 9.13 Å². The topological polar surface area (TPSA) is 150 Å². The van der Waals surface area contributed by atoms with Gasteiger partial charge < -0.3 is 33.2 Å². The predicted octanol–water partition coefficient (Wildman–Crippen LogP) is 5.12. The molecule has 0 saturated carbocycles. The van der Waals surface area contributed by atoms with Gasteiger partial charge in [-0.2, -0.15) is 0 Å². The smallest absolute Gasteiger partial charge is 0.343 e. The lowest BCUT2D eigenvalue weighted by Gasteiger charge is -2.25. The maximum absolute atomic E-state index is 14.5. The zero-order valence-electron chi connectivity index (χ0n) is 30.6. The van der Waals surface area contributed by atoms with Crippen molar-refractivity contribution in [3.05, 3.63) is 111 Å². The summed E-state index contributed by atoms with van der Waals surface area (Å²) in [5.41, 5.74) is 2.52. The SMILES string of the molecule is CCOC(=O)C1=C(C)N=c2s/c(=C/c3cc(I)cc(OC)c3OCc3ccc(C(=O)OCC)cc3)c(=O)n2[C@H]1c1ccc(OCC(=O)OC)c(OCC)c1. The van der Waals surface area contributed by atoms with Gasteiger partial charge in [0.15, 0.2) is 34.4 Å². The molecule has 0 aliphatic carbocycles. The number of carbonyl (C=O) groups excluding carboxylic acids is 3. The number of fused-ring (bicyclic) bond motifs is 1. The van der Waals surface area contributed by atoms with E-state index < -0.39 is 29.5 Å². The first-order valence-electron chi connectivity index (χ1n) is 17.0. The van der Waals surface area contributed by atoms with Crippen molar-refractivity contribution in [3.63, 3.8) is 0 Å². The van der Waals surface area contributed by atoms with Crippen LogP contribution in [0.25, 0.3) is 6.08 Å². The van der Waals surface area contributed by atoms with E-state index in [0.717, 1.165) is 20.5 Å². The molecule has 0 spiro atoms. The number of benzene rings is 3. The van der Waals surface area contributed by atoms with E-state index in [9.17, 15) is 19.2 Å². The van der Waals surface area contributed by atoms with Crippen molar-refractivity contribution in [3.8, 4) is 23.0 Å². The zero-order chi connectivity index (χ0) is 38.9. The summed E-state index contributed by atoms with van der Waals surface area (Å²) in [4.78, 5) is 56.9. The Balaban J connectivity index is 1.60. The second kappa shape index (κ2) is 18.2. The molecule has 4 aromatic rings. The third-order valence-electron chi connectivity index (χ3n) is 8.08.